The van der Waals surface area contributed by atoms with Crippen molar-refractivity contribution in [3.05, 3.63) is 36.0 Å². The maximum atomic E-state index is 11.5. The predicted octanol–water partition coefficient (Wildman–Crippen LogP) is 0.523. The van der Waals surface area contributed by atoms with E-state index in [2.05, 4.69) is 9.18 Å². The van der Waals surface area contributed by atoms with E-state index in [4.69, 9.17) is 9.29 Å². The highest BCUT2D eigenvalue weighted by molar-refractivity contribution is 7.80. The molecule has 2 rings (SSSR count). The first-order valence-corrected chi connectivity index (χ1v) is 8.36. The quantitative estimate of drug-likeness (QED) is 0.371. The van der Waals surface area contributed by atoms with E-state index in [1.54, 1.807) is 13.0 Å². The van der Waals surface area contributed by atoms with Gasteiger partial charge in [0.1, 0.15) is 13.1 Å². The molecule has 0 unspecified atom stereocenters. The van der Waals surface area contributed by atoms with E-state index in [1.165, 1.54) is 0 Å². The van der Waals surface area contributed by atoms with E-state index in [0.29, 0.717) is 12.3 Å². The summed E-state index contributed by atoms with van der Waals surface area (Å²) in [7, 11) is -1.34. The number of aromatic nitrogens is 1. The molecule has 132 valence electrons. The average Bonchev–Trinajstić information content (AvgIpc) is 2.51. The number of ether oxygens (including phenoxy) is 1. The minimum atomic E-state index is -4.16. The molecule has 9 heteroatoms. The smallest absolute Gasteiger partial charge is 0.397 e. The molecule has 0 fully saturated rings. The van der Waals surface area contributed by atoms with Gasteiger partial charge in [-0.1, -0.05) is 6.07 Å². The molecule has 0 spiro atoms. The number of hydrogen-bond acceptors (Lipinski definition) is 6. The van der Waals surface area contributed by atoms with Crippen LogP contribution in [0.5, 0.6) is 5.75 Å². The second-order valence-corrected chi connectivity index (χ2v) is 5.85. The summed E-state index contributed by atoms with van der Waals surface area (Å²) in [5, 5.41) is 12.5. The third-order valence-corrected chi connectivity index (χ3v) is 3.52. The van der Waals surface area contributed by atoms with Crippen LogP contribution in [0.15, 0.2) is 35.3 Å². The maximum absolute atomic E-state index is 11.5. The van der Waals surface area contributed by atoms with Gasteiger partial charge >= 0.3 is 10.4 Å². The van der Waals surface area contributed by atoms with Gasteiger partial charge in [0.25, 0.3) is 0 Å². The molecule has 0 saturated heterocycles. The summed E-state index contributed by atoms with van der Waals surface area (Å²) in [5.74, 6) is 0.543. The van der Waals surface area contributed by atoms with E-state index in [1.807, 2.05) is 42.8 Å². The van der Waals surface area contributed by atoms with Crippen LogP contribution in [-0.2, 0) is 21.6 Å². The van der Waals surface area contributed by atoms with Crippen LogP contribution in [0.1, 0.15) is 12.6 Å². The van der Waals surface area contributed by atoms with Crippen molar-refractivity contribution in [2.75, 3.05) is 13.7 Å². The van der Waals surface area contributed by atoms with Crippen LogP contribution >= 0.6 is 0 Å². The molecule has 0 aliphatic heterocycles. The zero-order valence-corrected chi connectivity index (χ0v) is 14.7. The summed E-state index contributed by atoms with van der Waals surface area (Å²) in [5.41, 5.74) is 2.00. The lowest BCUT2D eigenvalue weighted by atomic mass is 10.2. The molecule has 2 aromatic rings. The van der Waals surface area contributed by atoms with Gasteiger partial charge in [-0.25, -0.2) is 0 Å². The first-order chi connectivity index (χ1) is 11.2. The Labute approximate surface area is 140 Å². The molecule has 1 heterocycles. The largest absolute Gasteiger partial charge is 0.560 e. The highest BCUT2D eigenvalue weighted by Gasteiger charge is 2.11. The highest BCUT2D eigenvalue weighted by atomic mass is 32.3. The second-order valence-electron chi connectivity index (χ2n) is 4.66. The van der Waals surface area contributed by atoms with Gasteiger partial charge in [-0.3, -0.25) is 13.7 Å². The number of nitrogens with zero attached hydrogens (tertiary/aromatic N) is 2. The Hall–Kier alpha value is -2.23. The molecule has 0 aliphatic rings. The van der Waals surface area contributed by atoms with Crippen molar-refractivity contribution in [2.45, 2.75) is 13.8 Å². The fourth-order valence-corrected chi connectivity index (χ4v) is 1.87. The number of para-hydroxylation sites is 1. The molecular formula is C15H20N2O6S. The molecule has 0 atom stereocenters. The zero-order valence-electron chi connectivity index (χ0n) is 13.9. The lowest BCUT2D eigenvalue weighted by Crippen LogP contribution is -2.34. The van der Waals surface area contributed by atoms with Crippen molar-refractivity contribution >= 4 is 27.4 Å². The van der Waals surface area contributed by atoms with E-state index in [9.17, 15) is 13.5 Å². The first-order valence-electron chi connectivity index (χ1n) is 7.00. The van der Waals surface area contributed by atoms with E-state index < -0.39 is 16.5 Å². The fraction of sp³-hybridized carbons (Fsp3) is 0.333. The minimum absolute atomic E-state index is 0.425. The fourth-order valence-electron chi connectivity index (χ4n) is 1.87. The summed E-state index contributed by atoms with van der Waals surface area (Å²) >= 11 is 0. The van der Waals surface area contributed by atoms with E-state index >= 15 is 0 Å². The van der Waals surface area contributed by atoms with Crippen molar-refractivity contribution in [3.8, 4) is 5.75 Å². The van der Waals surface area contributed by atoms with Gasteiger partial charge in [0.05, 0.1) is 12.9 Å². The van der Waals surface area contributed by atoms with Crippen molar-refractivity contribution in [2.24, 2.45) is 12.0 Å². The Kier molecular flexibility index (Phi) is 7.08. The van der Waals surface area contributed by atoms with Gasteiger partial charge in [-0.15, -0.1) is 0 Å². The molecule has 0 aliphatic carbocycles. The van der Waals surface area contributed by atoms with Crippen LogP contribution in [0.4, 0.5) is 0 Å². The number of aliphatic imine (C=N–C) groups is 1. The van der Waals surface area contributed by atoms with Crippen molar-refractivity contribution in [3.63, 3.8) is 0 Å². The molecule has 8 nitrogen and oxygen atoms in total. The Morgan fingerprint density at radius 3 is 2.50 bits per heavy atom. The molecule has 1 aromatic carbocycles. The van der Waals surface area contributed by atoms with Gasteiger partial charge in [0, 0.05) is 24.9 Å². The molecule has 1 aromatic heterocycles. The average molecular weight is 356 g/mol. The third-order valence-electron chi connectivity index (χ3n) is 3.09. The summed E-state index contributed by atoms with van der Waals surface area (Å²) in [4.78, 5) is 3.71. The number of fused-ring (bicyclic) bond motifs is 1. The second kappa shape index (κ2) is 8.57. The predicted molar refractivity (Wildman–Crippen MR) is 87.0 cm³/mol. The topological polar surface area (TPSA) is 112 Å². The van der Waals surface area contributed by atoms with Crippen molar-refractivity contribution in [1.29, 1.82) is 0 Å². The van der Waals surface area contributed by atoms with Gasteiger partial charge in [-0.05, 0) is 25.1 Å². The summed E-state index contributed by atoms with van der Waals surface area (Å²) < 4.78 is 37.0. The zero-order chi connectivity index (χ0) is 18.3. The first kappa shape index (κ1) is 19.8. The molecule has 0 amide bonds. The number of pyridine rings is 1. The Balaban J connectivity index is 0.000000413. The summed E-state index contributed by atoms with van der Waals surface area (Å²) in [6.45, 7) is 4.23. The molecule has 0 bridgehead atoms. The number of aryl methyl sites for hydroxylation is 2. The van der Waals surface area contributed by atoms with Crippen molar-refractivity contribution in [1.82, 2.24) is 0 Å². The minimum Gasteiger partial charge on any atom is -0.560 e. The molecular weight excluding hydrogens is 336 g/mol. The van der Waals surface area contributed by atoms with Gasteiger partial charge < -0.3 is 9.84 Å². The Morgan fingerprint density at radius 2 is 1.96 bits per heavy atom. The third kappa shape index (κ3) is 5.76. The number of rotatable bonds is 3. The lowest BCUT2D eigenvalue weighted by Gasteiger charge is -2.15. The Bertz CT molecular complexity index is 833. The maximum Gasteiger partial charge on any atom is 0.397 e. The SMILES string of the molecule is CCN=C([O-])Oc1cccc2ccc(C)[n+](C)c12.COS(=O)(=O)O. The van der Waals surface area contributed by atoms with Crippen LogP contribution < -0.4 is 14.4 Å². The summed E-state index contributed by atoms with van der Waals surface area (Å²) in [6, 6.07) is 9.68. The standard InChI is InChI=1S/C14H16N2O2.CH4O4S/c1-4-15-14(17)18-12-7-5-6-11-9-8-10(2)16(3)13(11)12;1-5-6(2,3)4/h5-9H,4H2,1-3H3;1H3,(H,2,3,4). The van der Waals surface area contributed by atoms with Crippen LogP contribution in [0.25, 0.3) is 10.9 Å². The Morgan fingerprint density at radius 1 is 1.33 bits per heavy atom. The summed E-state index contributed by atoms with van der Waals surface area (Å²) in [6.07, 6.45) is -0.550. The van der Waals surface area contributed by atoms with Crippen LogP contribution in [0.2, 0.25) is 0 Å². The normalized spacial score (nSPS) is 11.8. The molecule has 24 heavy (non-hydrogen) atoms. The van der Waals surface area contributed by atoms with Gasteiger partial charge in [-0.2, -0.15) is 13.0 Å². The number of benzene rings is 1. The van der Waals surface area contributed by atoms with Gasteiger partial charge in [0.15, 0.2) is 5.69 Å². The molecule has 0 saturated carbocycles. The molecule has 1 N–H and O–H groups in total. The lowest BCUT2D eigenvalue weighted by molar-refractivity contribution is -0.651. The highest BCUT2D eigenvalue weighted by Crippen LogP contribution is 2.22. The molecule has 0 radical (unpaired) electrons. The van der Waals surface area contributed by atoms with E-state index in [-0.39, 0.29) is 0 Å². The van der Waals surface area contributed by atoms with Gasteiger partial charge in [0.2, 0.25) is 5.52 Å². The monoisotopic (exact) mass is 356 g/mol. The van der Waals surface area contributed by atoms with Crippen LogP contribution in [0, 0.1) is 6.92 Å². The number of hydrogen-bond donors (Lipinski definition) is 1. The van der Waals surface area contributed by atoms with E-state index in [0.717, 1.165) is 23.7 Å². The van der Waals surface area contributed by atoms with Crippen LogP contribution in [-0.4, -0.2) is 32.7 Å². The van der Waals surface area contributed by atoms with Crippen molar-refractivity contribution < 1.29 is 31.6 Å². The van der Waals surface area contributed by atoms with Crippen LogP contribution in [0.3, 0.4) is 0 Å².